The highest BCUT2D eigenvalue weighted by Gasteiger charge is 2.13. The molecule has 0 spiro atoms. The highest BCUT2D eigenvalue weighted by Crippen LogP contribution is 2.24. The lowest BCUT2D eigenvalue weighted by molar-refractivity contribution is -0.121. The molecule has 0 radical (unpaired) electrons. The number of amides is 2. The smallest absolute Gasteiger partial charge is 0.226 e. The fraction of sp³-hybridized carbons (Fsp3) is 0.190. The van der Waals surface area contributed by atoms with Gasteiger partial charge in [-0.1, -0.05) is 15.9 Å². The van der Waals surface area contributed by atoms with Crippen molar-refractivity contribution < 1.29 is 22.8 Å². The van der Waals surface area contributed by atoms with E-state index in [1.165, 1.54) is 12.3 Å². The van der Waals surface area contributed by atoms with Gasteiger partial charge in [0, 0.05) is 42.0 Å². The standard InChI is InChI=1S/C21H18BrF2N3O3/c22-13-1-4-15(5-2-13)27-20(29)9-10-25-19(28)7-8-21-26-12-18(30-21)16-6-3-14(23)11-17(16)24/h1-6,11-12H,7-10H2,(H,25,28)(H,27,29). The van der Waals surface area contributed by atoms with Crippen LogP contribution in [0.2, 0.25) is 0 Å². The number of nitrogens with one attached hydrogen (secondary N) is 2. The molecule has 0 fully saturated rings. The zero-order valence-electron chi connectivity index (χ0n) is 15.8. The lowest BCUT2D eigenvalue weighted by atomic mass is 10.2. The predicted octanol–water partition coefficient (Wildman–Crippen LogP) is 4.46. The maximum atomic E-state index is 13.8. The van der Waals surface area contributed by atoms with Crippen molar-refractivity contribution in [3.05, 3.63) is 70.7 Å². The Morgan fingerprint density at radius 2 is 1.80 bits per heavy atom. The highest BCUT2D eigenvalue weighted by atomic mass is 79.9. The van der Waals surface area contributed by atoms with Crippen LogP contribution in [0, 0.1) is 11.6 Å². The van der Waals surface area contributed by atoms with Crippen LogP contribution in [0.3, 0.4) is 0 Å². The Bertz CT molecular complexity index is 1040. The minimum atomic E-state index is -0.753. The van der Waals surface area contributed by atoms with E-state index < -0.39 is 11.6 Å². The van der Waals surface area contributed by atoms with E-state index in [1.807, 2.05) is 12.1 Å². The second-order valence-corrected chi connectivity index (χ2v) is 7.31. The first-order chi connectivity index (χ1) is 14.4. The van der Waals surface area contributed by atoms with Gasteiger partial charge in [0.15, 0.2) is 11.7 Å². The van der Waals surface area contributed by atoms with Crippen LogP contribution in [0.25, 0.3) is 11.3 Å². The second-order valence-electron chi connectivity index (χ2n) is 6.40. The number of oxazole rings is 1. The minimum Gasteiger partial charge on any atom is -0.441 e. The van der Waals surface area contributed by atoms with Crippen molar-refractivity contribution in [2.45, 2.75) is 19.3 Å². The van der Waals surface area contributed by atoms with Crippen molar-refractivity contribution in [2.75, 3.05) is 11.9 Å². The topological polar surface area (TPSA) is 84.2 Å². The summed E-state index contributed by atoms with van der Waals surface area (Å²) < 4.78 is 33.1. The Hall–Kier alpha value is -3.07. The maximum Gasteiger partial charge on any atom is 0.226 e. The van der Waals surface area contributed by atoms with Gasteiger partial charge in [0.1, 0.15) is 11.6 Å². The number of aryl methyl sites for hydroxylation is 1. The molecule has 3 aromatic rings. The molecule has 1 heterocycles. The van der Waals surface area contributed by atoms with Crippen molar-refractivity contribution in [1.82, 2.24) is 10.3 Å². The summed E-state index contributed by atoms with van der Waals surface area (Å²) in [5.74, 6) is -1.49. The molecular weight excluding hydrogens is 460 g/mol. The average molecular weight is 478 g/mol. The predicted molar refractivity (Wildman–Crippen MR) is 111 cm³/mol. The van der Waals surface area contributed by atoms with Crippen LogP contribution in [-0.4, -0.2) is 23.3 Å². The van der Waals surface area contributed by atoms with Crippen LogP contribution in [-0.2, 0) is 16.0 Å². The third kappa shape index (κ3) is 6.21. The summed E-state index contributed by atoms with van der Waals surface area (Å²) in [7, 11) is 0. The molecule has 3 rings (SSSR count). The normalized spacial score (nSPS) is 10.6. The zero-order chi connectivity index (χ0) is 21.5. The van der Waals surface area contributed by atoms with Gasteiger partial charge in [-0.05, 0) is 36.4 Å². The molecule has 0 unspecified atom stereocenters. The molecule has 9 heteroatoms. The van der Waals surface area contributed by atoms with Crippen LogP contribution in [0.4, 0.5) is 14.5 Å². The molecule has 2 aromatic carbocycles. The van der Waals surface area contributed by atoms with Crippen molar-refractivity contribution in [1.29, 1.82) is 0 Å². The average Bonchev–Trinajstić information content (AvgIpc) is 3.17. The fourth-order valence-corrected chi connectivity index (χ4v) is 2.89. The highest BCUT2D eigenvalue weighted by molar-refractivity contribution is 9.10. The Labute approximate surface area is 179 Å². The lowest BCUT2D eigenvalue weighted by Crippen LogP contribution is -2.27. The van der Waals surface area contributed by atoms with E-state index in [4.69, 9.17) is 4.42 Å². The van der Waals surface area contributed by atoms with E-state index in [2.05, 4.69) is 31.5 Å². The molecule has 1 aromatic heterocycles. The minimum absolute atomic E-state index is 0.0939. The molecule has 0 bridgehead atoms. The third-order valence-corrected chi connectivity index (χ3v) is 4.65. The van der Waals surface area contributed by atoms with Gasteiger partial charge in [0.2, 0.25) is 11.8 Å². The van der Waals surface area contributed by atoms with E-state index in [-0.39, 0.29) is 54.8 Å². The quantitative estimate of drug-likeness (QED) is 0.501. The summed E-state index contributed by atoms with van der Waals surface area (Å²) in [6.45, 7) is 0.193. The number of benzene rings is 2. The van der Waals surface area contributed by atoms with Gasteiger partial charge in [-0.25, -0.2) is 13.8 Å². The second kappa shape index (κ2) is 10.1. The molecule has 0 aliphatic heterocycles. The van der Waals surface area contributed by atoms with Gasteiger partial charge in [-0.15, -0.1) is 0 Å². The van der Waals surface area contributed by atoms with E-state index in [0.29, 0.717) is 5.69 Å². The number of carbonyl (C=O) groups excluding carboxylic acids is 2. The first-order valence-electron chi connectivity index (χ1n) is 9.13. The van der Waals surface area contributed by atoms with Gasteiger partial charge in [0.25, 0.3) is 0 Å². The largest absolute Gasteiger partial charge is 0.441 e. The van der Waals surface area contributed by atoms with Crippen molar-refractivity contribution in [3.8, 4) is 11.3 Å². The van der Waals surface area contributed by atoms with E-state index in [9.17, 15) is 18.4 Å². The molecule has 0 atom stereocenters. The Kier molecular flexibility index (Phi) is 7.29. The van der Waals surface area contributed by atoms with E-state index >= 15 is 0 Å². The molecule has 0 saturated heterocycles. The number of halogens is 3. The van der Waals surface area contributed by atoms with Gasteiger partial charge < -0.3 is 15.1 Å². The van der Waals surface area contributed by atoms with Gasteiger partial charge in [0.05, 0.1) is 11.8 Å². The number of hydrogen-bond acceptors (Lipinski definition) is 4. The fourth-order valence-electron chi connectivity index (χ4n) is 2.62. The van der Waals surface area contributed by atoms with Crippen LogP contribution in [0.5, 0.6) is 0 Å². The van der Waals surface area contributed by atoms with Crippen molar-refractivity contribution in [3.63, 3.8) is 0 Å². The number of hydrogen-bond donors (Lipinski definition) is 2. The molecule has 30 heavy (non-hydrogen) atoms. The first kappa shape index (κ1) is 21.6. The van der Waals surface area contributed by atoms with Crippen molar-refractivity contribution >= 4 is 33.4 Å². The Balaban J connectivity index is 1.40. The number of anilines is 1. The summed E-state index contributed by atoms with van der Waals surface area (Å²) in [4.78, 5) is 27.8. The number of aromatic nitrogens is 1. The van der Waals surface area contributed by atoms with E-state index in [0.717, 1.165) is 16.6 Å². The molecule has 156 valence electrons. The number of rotatable bonds is 8. The lowest BCUT2D eigenvalue weighted by Gasteiger charge is -2.06. The Morgan fingerprint density at radius 1 is 1.03 bits per heavy atom. The van der Waals surface area contributed by atoms with Crippen LogP contribution in [0.1, 0.15) is 18.7 Å². The molecule has 2 amide bonds. The third-order valence-electron chi connectivity index (χ3n) is 4.12. The molecule has 6 nitrogen and oxygen atoms in total. The summed E-state index contributed by atoms with van der Waals surface area (Å²) in [6, 6.07) is 10.3. The van der Waals surface area contributed by atoms with Crippen LogP contribution in [0.15, 0.2) is 57.6 Å². The zero-order valence-corrected chi connectivity index (χ0v) is 17.3. The summed E-state index contributed by atoms with van der Waals surface area (Å²) in [5.41, 5.74) is 0.767. The molecular formula is C21H18BrF2N3O3. The van der Waals surface area contributed by atoms with Gasteiger partial charge in [-0.2, -0.15) is 0 Å². The molecule has 0 aliphatic carbocycles. The van der Waals surface area contributed by atoms with Gasteiger partial charge >= 0.3 is 0 Å². The maximum absolute atomic E-state index is 13.8. The summed E-state index contributed by atoms with van der Waals surface area (Å²) in [5, 5.41) is 5.39. The number of carbonyl (C=O) groups is 2. The molecule has 0 saturated carbocycles. The van der Waals surface area contributed by atoms with E-state index in [1.54, 1.807) is 12.1 Å². The number of nitrogens with zero attached hydrogens (tertiary/aromatic N) is 1. The Morgan fingerprint density at radius 3 is 2.53 bits per heavy atom. The van der Waals surface area contributed by atoms with Crippen LogP contribution < -0.4 is 10.6 Å². The first-order valence-corrected chi connectivity index (χ1v) is 9.92. The van der Waals surface area contributed by atoms with Gasteiger partial charge in [-0.3, -0.25) is 9.59 Å². The summed E-state index contributed by atoms with van der Waals surface area (Å²) in [6.07, 6.45) is 1.77. The van der Waals surface area contributed by atoms with Crippen molar-refractivity contribution in [2.24, 2.45) is 0 Å². The summed E-state index contributed by atoms with van der Waals surface area (Å²) >= 11 is 3.32. The van der Waals surface area contributed by atoms with Crippen LogP contribution >= 0.6 is 15.9 Å². The SMILES string of the molecule is O=C(CCc1ncc(-c2ccc(F)cc2F)o1)NCCC(=O)Nc1ccc(Br)cc1. The molecule has 0 aliphatic rings. The molecule has 2 N–H and O–H groups in total. The monoisotopic (exact) mass is 477 g/mol.